The van der Waals surface area contributed by atoms with Gasteiger partial charge in [0, 0.05) is 28.4 Å². The highest BCUT2D eigenvalue weighted by molar-refractivity contribution is 9.10. The lowest BCUT2D eigenvalue weighted by Crippen LogP contribution is -2.05. The third kappa shape index (κ3) is 2.61. The van der Waals surface area contributed by atoms with Crippen LogP contribution in [0, 0.1) is 5.82 Å². The van der Waals surface area contributed by atoms with Crippen LogP contribution >= 0.6 is 15.9 Å². The molecule has 4 heteroatoms. The second-order valence-electron chi connectivity index (χ2n) is 4.76. The molecule has 20 heavy (non-hydrogen) atoms. The number of ether oxygens (including phenoxy) is 1. The maximum absolute atomic E-state index is 13.2. The molecule has 0 unspecified atom stereocenters. The molecular formula is C16H12BrFO2. The summed E-state index contributed by atoms with van der Waals surface area (Å²) in [6.45, 7) is 0.646. The van der Waals surface area contributed by atoms with E-state index in [1.807, 2.05) is 12.1 Å². The molecule has 0 aliphatic carbocycles. The lowest BCUT2D eigenvalue weighted by molar-refractivity contribution is 0.0991. The Morgan fingerprint density at radius 1 is 1.30 bits per heavy atom. The summed E-state index contributed by atoms with van der Waals surface area (Å²) >= 11 is 3.45. The molecule has 0 saturated heterocycles. The first kappa shape index (κ1) is 13.3. The molecule has 0 radical (unpaired) electrons. The maximum Gasteiger partial charge on any atom is 0.167 e. The van der Waals surface area contributed by atoms with Crippen LogP contribution in [0.1, 0.15) is 21.5 Å². The van der Waals surface area contributed by atoms with Gasteiger partial charge in [-0.25, -0.2) is 4.39 Å². The highest BCUT2D eigenvalue weighted by Crippen LogP contribution is 2.33. The molecule has 0 atom stereocenters. The van der Waals surface area contributed by atoms with Crippen LogP contribution in [0.15, 0.2) is 40.9 Å². The molecule has 0 fully saturated rings. The van der Waals surface area contributed by atoms with Crippen molar-refractivity contribution in [2.45, 2.75) is 12.8 Å². The molecule has 1 heterocycles. The monoisotopic (exact) mass is 334 g/mol. The van der Waals surface area contributed by atoms with Crippen molar-refractivity contribution in [2.24, 2.45) is 0 Å². The van der Waals surface area contributed by atoms with Crippen molar-refractivity contribution in [3.05, 3.63) is 63.4 Å². The second-order valence-corrected chi connectivity index (χ2v) is 5.68. The van der Waals surface area contributed by atoms with E-state index in [9.17, 15) is 9.18 Å². The Bertz CT molecular complexity index is 682. The van der Waals surface area contributed by atoms with Gasteiger partial charge in [0.1, 0.15) is 11.6 Å². The number of hydrogen-bond donors (Lipinski definition) is 0. The Morgan fingerprint density at radius 3 is 2.95 bits per heavy atom. The van der Waals surface area contributed by atoms with Crippen molar-refractivity contribution in [2.75, 3.05) is 6.61 Å². The van der Waals surface area contributed by atoms with Crippen molar-refractivity contribution >= 4 is 21.7 Å². The van der Waals surface area contributed by atoms with Crippen LogP contribution in [0.5, 0.6) is 5.75 Å². The first-order valence-electron chi connectivity index (χ1n) is 6.36. The number of hydrogen-bond acceptors (Lipinski definition) is 2. The highest BCUT2D eigenvalue weighted by atomic mass is 79.9. The van der Waals surface area contributed by atoms with Crippen molar-refractivity contribution in [1.29, 1.82) is 0 Å². The molecule has 0 N–H and O–H groups in total. The fourth-order valence-corrected chi connectivity index (χ4v) is 2.97. The normalized spacial score (nSPS) is 12.9. The molecule has 0 aromatic heterocycles. The number of fused-ring (bicyclic) bond motifs is 1. The van der Waals surface area contributed by atoms with Gasteiger partial charge in [0.2, 0.25) is 0 Å². The quantitative estimate of drug-likeness (QED) is 0.794. The molecule has 0 spiro atoms. The van der Waals surface area contributed by atoms with Crippen LogP contribution in [0.4, 0.5) is 4.39 Å². The SMILES string of the molecule is O=C(Cc1cc(Br)cc2c1OCC2)c1cccc(F)c1. The van der Waals surface area contributed by atoms with Gasteiger partial charge in [0.05, 0.1) is 6.61 Å². The predicted octanol–water partition coefficient (Wildman–Crippen LogP) is 3.95. The van der Waals surface area contributed by atoms with E-state index >= 15 is 0 Å². The highest BCUT2D eigenvalue weighted by Gasteiger charge is 2.19. The molecule has 102 valence electrons. The van der Waals surface area contributed by atoms with Gasteiger partial charge >= 0.3 is 0 Å². The first-order chi connectivity index (χ1) is 9.63. The molecule has 1 aliphatic heterocycles. The number of halogens is 2. The Morgan fingerprint density at radius 2 is 2.15 bits per heavy atom. The summed E-state index contributed by atoms with van der Waals surface area (Å²) in [4.78, 5) is 12.2. The summed E-state index contributed by atoms with van der Waals surface area (Å²) in [5.41, 5.74) is 2.35. The number of benzene rings is 2. The van der Waals surface area contributed by atoms with Gasteiger partial charge in [-0.15, -0.1) is 0 Å². The van der Waals surface area contributed by atoms with Gasteiger partial charge in [-0.05, 0) is 29.8 Å². The lowest BCUT2D eigenvalue weighted by atomic mass is 10.00. The van der Waals surface area contributed by atoms with Gasteiger partial charge in [-0.3, -0.25) is 4.79 Å². The standard InChI is InChI=1S/C16H12BrFO2/c17-13-6-11-4-5-20-16(11)12(7-13)9-15(19)10-2-1-3-14(18)8-10/h1-3,6-8H,4-5,9H2. The Hall–Kier alpha value is -1.68. The molecule has 2 aromatic carbocycles. The van der Waals surface area contributed by atoms with Crippen LogP contribution < -0.4 is 4.74 Å². The summed E-state index contributed by atoms with van der Waals surface area (Å²) in [6, 6.07) is 9.67. The first-order valence-corrected chi connectivity index (χ1v) is 7.15. The maximum atomic E-state index is 13.2. The fraction of sp³-hybridized carbons (Fsp3) is 0.188. The van der Waals surface area contributed by atoms with E-state index < -0.39 is 5.82 Å². The third-order valence-corrected chi connectivity index (χ3v) is 3.78. The van der Waals surface area contributed by atoms with Crippen molar-refractivity contribution < 1.29 is 13.9 Å². The van der Waals surface area contributed by atoms with Crippen LogP contribution in [-0.4, -0.2) is 12.4 Å². The molecule has 2 aromatic rings. The zero-order valence-electron chi connectivity index (χ0n) is 10.7. The van der Waals surface area contributed by atoms with Crippen molar-refractivity contribution in [3.8, 4) is 5.75 Å². The number of rotatable bonds is 3. The van der Waals surface area contributed by atoms with E-state index in [1.54, 1.807) is 12.1 Å². The van der Waals surface area contributed by atoms with E-state index in [0.29, 0.717) is 12.2 Å². The molecule has 2 nitrogen and oxygen atoms in total. The lowest BCUT2D eigenvalue weighted by Gasteiger charge is -2.08. The molecule has 0 bridgehead atoms. The molecule has 0 amide bonds. The van der Waals surface area contributed by atoms with Gasteiger partial charge in [-0.2, -0.15) is 0 Å². The minimum absolute atomic E-state index is 0.111. The Kier molecular flexibility index (Phi) is 3.57. The summed E-state index contributed by atoms with van der Waals surface area (Å²) < 4.78 is 19.7. The van der Waals surface area contributed by atoms with E-state index in [1.165, 1.54) is 12.1 Å². The van der Waals surface area contributed by atoms with E-state index in [-0.39, 0.29) is 12.2 Å². The van der Waals surface area contributed by atoms with Gasteiger partial charge in [0.25, 0.3) is 0 Å². The second kappa shape index (κ2) is 5.37. The van der Waals surface area contributed by atoms with E-state index in [0.717, 1.165) is 27.8 Å². The zero-order chi connectivity index (χ0) is 14.1. The van der Waals surface area contributed by atoms with Crippen molar-refractivity contribution in [3.63, 3.8) is 0 Å². The van der Waals surface area contributed by atoms with Crippen LogP contribution in [-0.2, 0) is 12.8 Å². The smallest absolute Gasteiger partial charge is 0.167 e. The van der Waals surface area contributed by atoms with Crippen molar-refractivity contribution in [1.82, 2.24) is 0 Å². The average molecular weight is 335 g/mol. The zero-order valence-corrected chi connectivity index (χ0v) is 12.2. The Balaban J connectivity index is 1.90. The number of Topliss-reactive ketones (excluding diaryl/α,β-unsaturated/α-hetero) is 1. The van der Waals surface area contributed by atoms with E-state index in [2.05, 4.69) is 15.9 Å². The number of ketones is 1. The molecular weight excluding hydrogens is 323 g/mol. The minimum Gasteiger partial charge on any atom is -0.493 e. The summed E-state index contributed by atoms with van der Waals surface area (Å²) in [5, 5.41) is 0. The topological polar surface area (TPSA) is 26.3 Å². The van der Waals surface area contributed by atoms with Gasteiger partial charge in [-0.1, -0.05) is 28.1 Å². The number of carbonyl (C=O) groups is 1. The number of carbonyl (C=O) groups excluding carboxylic acids is 1. The van der Waals surface area contributed by atoms with Gasteiger partial charge in [0.15, 0.2) is 5.78 Å². The largest absolute Gasteiger partial charge is 0.493 e. The molecule has 3 rings (SSSR count). The van der Waals surface area contributed by atoms with Gasteiger partial charge < -0.3 is 4.74 Å². The summed E-state index contributed by atoms with van der Waals surface area (Å²) in [5.74, 6) is 0.296. The third-order valence-electron chi connectivity index (χ3n) is 3.32. The van der Waals surface area contributed by atoms with Crippen LogP contribution in [0.2, 0.25) is 0 Å². The average Bonchev–Trinajstić information content (AvgIpc) is 2.86. The van der Waals surface area contributed by atoms with Crippen LogP contribution in [0.3, 0.4) is 0 Å². The fourth-order valence-electron chi connectivity index (χ4n) is 2.41. The Labute approximate surface area is 124 Å². The van der Waals surface area contributed by atoms with E-state index in [4.69, 9.17) is 4.74 Å². The predicted molar refractivity (Wildman–Crippen MR) is 77.8 cm³/mol. The molecule has 0 saturated carbocycles. The molecule has 1 aliphatic rings. The minimum atomic E-state index is -0.397. The summed E-state index contributed by atoms with van der Waals surface area (Å²) in [7, 11) is 0. The van der Waals surface area contributed by atoms with Crippen LogP contribution in [0.25, 0.3) is 0 Å². The summed E-state index contributed by atoms with van der Waals surface area (Å²) in [6.07, 6.45) is 1.07.